The van der Waals surface area contributed by atoms with E-state index in [9.17, 15) is 4.39 Å². The van der Waals surface area contributed by atoms with E-state index in [1.165, 1.54) is 6.07 Å². The summed E-state index contributed by atoms with van der Waals surface area (Å²) in [6.07, 6.45) is 4.25. The minimum Gasteiger partial charge on any atom is -0.401 e. The van der Waals surface area contributed by atoms with Crippen LogP contribution in [0.15, 0.2) is 51.4 Å². The van der Waals surface area contributed by atoms with E-state index in [2.05, 4.69) is 0 Å². The lowest BCUT2D eigenvalue weighted by molar-refractivity contribution is 0.623. The van der Waals surface area contributed by atoms with Crippen molar-refractivity contribution >= 4 is 28.2 Å². The fourth-order valence-electron chi connectivity index (χ4n) is 1.82. The molecule has 1 aromatic rings. The molecule has 17 heavy (non-hydrogen) atoms. The molecular formula is C13H12FIN2. The Morgan fingerprint density at radius 1 is 1.35 bits per heavy atom. The van der Waals surface area contributed by atoms with Gasteiger partial charge in [0.15, 0.2) is 0 Å². The Labute approximate surface area is 113 Å². The van der Waals surface area contributed by atoms with E-state index < -0.39 is 0 Å². The third-order valence-electron chi connectivity index (χ3n) is 2.59. The zero-order chi connectivity index (χ0) is 12.4. The molecule has 0 amide bonds. The molecule has 4 N–H and O–H groups in total. The molecule has 0 radical (unpaired) electrons. The summed E-state index contributed by atoms with van der Waals surface area (Å²) >= 11 is 2.02. The van der Waals surface area contributed by atoms with Crippen molar-refractivity contribution in [2.24, 2.45) is 11.5 Å². The molecule has 1 aliphatic rings. The molecule has 2 rings (SSSR count). The molecule has 0 bridgehead atoms. The molecule has 0 saturated heterocycles. The second-order valence-electron chi connectivity index (χ2n) is 3.84. The van der Waals surface area contributed by atoms with E-state index in [1.807, 2.05) is 34.7 Å². The van der Waals surface area contributed by atoms with Crippen LogP contribution in [0.2, 0.25) is 0 Å². The van der Waals surface area contributed by atoms with Gasteiger partial charge < -0.3 is 11.5 Å². The van der Waals surface area contributed by atoms with Gasteiger partial charge in [0.25, 0.3) is 0 Å². The van der Waals surface area contributed by atoms with Gasteiger partial charge in [-0.2, -0.15) is 0 Å². The Bertz CT molecular complexity index is 540. The van der Waals surface area contributed by atoms with Crippen molar-refractivity contribution in [1.29, 1.82) is 0 Å². The number of rotatable bonds is 2. The molecule has 0 aliphatic heterocycles. The third-order valence-corrected chi connectivity index (χ3v) is 2.91. The van der Waals surface area contributed by atoms with Crippen molar-refractivity contribution in [2.45, 2.75) is 6.42 Å². The fraction of sp³-hybridized carbons (Fsp3) is 0.0769. The zero-order valence-corrected chi connectivity index (χ0v) is 11.2. The Hall–Kier alpha value is -1.30. The van der Waals surface area contributed by atoms with Crippen LogP contribution >= 0.6 is 22.6 Å². The molecule has 1 aliphatic carbocycles. The van der Waals surface area contributed by atoms with Crippen molar-refractivity contribution in [1.82, 2.24) is 0 Å². The highest BCUT2D eigenvalue weighted by molar-refractivity contribution is 14.1. The van der Waals surface area contributed by atoms with E-state index in [4.69, 9.17) is 11.5 Å². The molecule has 2 nitrogen and oxygen atoms in total. The average Bonchev–Trinajstić information content (AvgIpc) is 2.60. The quantitative estimate of drug-likeness (QED) is 0.641. The number of hydrogen-bond donors (Lipinski definition) is 2. The van der Waals surface area contributed by atoms with Crippen molar-refractivity contribution in [3.63, 3.8) is 0 Å². The van der Waals surface area contributed by atoms with Gasteiger partial charge in [-0.1, -0.05) is 18.2 Å². The van der Waals surface area contributed by atoms with Crippen LogP contribution in [0.1, 0.15) is 12.0 Å². The summed E-state index contributed by atoms with van der Waals surface area (Å²) in [5.74, 6) is -0.223. The minimum atomic E-state index is -0.223. The second kappa shape index (κ2) is 4.91. The van der Waals surface area contributed by atoms with Gasteiger partial charge in [-0.05, 0) is 52.0 Å². The summed E-state index contributed by atoms with van der Waals surface area (Å²) in [6.45, 7) is 0. The first-order valence-corrected chi connectivity index (χ1v) is 6.22. The van der Waals surface area contributed by atoms with Crippen LogP contribution in [0.3, 0.4) is 0 Å². The molecule has 4 heteroatoms. The van der Waals surface area contributed by atoms with Crippen LogP contribution in [0, 0.1) is 5.82 Å². The number of nitrogens with two attached hydrogens (primary N) is 2. The van der Waals surface area contributed by atoms with Crippen LogP contribution < -0.4 is 11.5 Å². The number of halogens is 2. The average molecular weight is 342 g/mol. The van der Waals surface area contributed by atoms with Gasteiger partial charge in [0.05, 0.1) is 3.70 Å². The molecule has 0 spiro atoms. The van der Waals surface area contributed by atoms with E-state index in [1.54, 1.807) is 18.2 Å². The molecule has 0 unspecified atom stereocenters. The summed E-state index contributed by atoms with van der Waals surface area (Å²) < 4.78 is 14.3. The van der Waals surface area contributed by atoms with Gasteiger partial charge >= 0.3 is 0 Å². The van der Waals surface area contributed by atoms with Crippen LogP contribution in [0.4, 0.5) is 4.39 Å². The highest BCUT2D eigenvalue weighted by Gasteiger charge is 2.16. The Morgan fingerprint density at radius 2 is 2.06 bits per heavy atom. The van der Waals surface area contributed by atoms with E-state index >= 15 is 0 Å². The maximum absolute atomic E-state index is 13.6. The first-order chi connectivity index (χ1) is 8.08. The van der Waals surface area contributed by atoms with Crippen molar-refractivity contribution in [2.75, 3.05) is 0 Å². The molecule has 1 aromatic carbocycles. The molecule has 0 saturated carbocycles. The third kappa shape index (κ3) is 2.69. The van der Waals surface area contributed by atoms with Crippen molar-refractivity contribution in [3.05, 3.63) is 62.8 Å². The molecule has 0 aromatic heterocycles. The zero-order valence-electron chi connectivity index (χ0n) is 9.08. The highest BCUT2D eigenvalue weighted by Crippen LogP contribution is 2.32. The number of allylic oxidation sites excluding steroid dienone is 4. The Morgan fingerprint density at radius 3 is 2.71 bits per heavy atom. The Balaban J connectivity index is 2.35. The summed E-state index contributed by atoms with van der Waals surface area (Å²) in [6, 6.07) is 6.70. The van der Waals surface area contributed by atoms with Gasteiger partial charge in [-0.15, -0.1) is 0 Å². The number of hydrogen-bond acceptors (Lipinski definition) is 2. The monoisotopic (exact) mass is 342 g/mol. The lowest BCUT2D eigenvalue weighted by Gasteiger charge is -2.03. The van der Waals surface area contributed by atoms with Crippen molar-refractivity contribution < 1.29 is 4.39 Å². The predicted molar refractivity (Wildman–Crippen MR) is 76.5 cm³/mol. The number of benzene rings is 1. The highest BCUT2D eigenvalue weighted by atomic mass is 127. The first-order valence-electron chi connectivity index (χ1n) is 5.14. The van der Waals surface area contributed by atoms with E-state index in [0.717, 1.165) is 16.8 Å². The van der Waals surface area contributed by atoms with Gasteiger partial charge in [0.2, 0.25) is 0 Å². The normalized spacial score (nSPS) is 16.4. The summed E-state index contributed by atoms with van der Waals surface area (Å²) in [7, 11) is 0. The van der Waals surface area contributed by atoms with Gasteiger partial charge in [0.1, 0.15) is 5.82 Å². The molecule has 88 valence electrons. The maximum Gasteiger partial charge on any atom is 0.130 e. The van der Waals surface area contributed by atoms with Crippen LogP contribution in [-0.2, 0) is 0 Å². The standard InChI is InChI=1S/C13H12FIN2/c14-11-4-2-1-3-10(11)8-5-9(7-13(15)17)12(16)6-8/h1-5,7H,6,16-17H2/b13-7-. The van der Waals surface area contributed by atoms with Crippen LogP contribution in [0.5, 0.6) is 0 Å². The SMILES string of the molecule is NC1=C(/C=C(\N)I)C=C(c2ccccc2F)C1. The molecular weight excluding hydrogens is 330 g/mol. The first kappa shape index (κ1) is 12.2. The van der Waals surface area contributed by atoms with Gasteiger partial charge in [0, 0.05) is 17.7 Å². The van der Waals surface area contributed by atoms with Crippen LogP contribution in [0.25, 0.3) is 5.57 Å². The van der Waals surface area contributed by atoms with Crippen LogP contribution in [-0.4, -0.2) is 0 Å². The molecule has 0 atom stereocenters. The lowest BCUT2D eigenvalue weighted by atomic mass is 10.0. The summed E-state index contributed by atoms with van der Waals surface area (Å²) in [5.41, 5.74) is 14.6. The van der Waals surface area contributed by atoms with Crippen molar-refractivity contribution in [3.8, 4) is 0 Å². The molecule has 0 heterocycles. The topological polar surface area (TPSA) is 52.0 Å². The second-order valence-corrected chi connectivity index (χ2v) is 5.08. The smallest absolute Gasteiger partial charge is 0.130 e. The summed E-state index contributed by atoms with van der Waals surface area (Å²) in [4.78, 5) is 0. The maximum atomic E-state index is 13.6. The largest absolute Gasteiger partial charge is 0.401 e. The van der Waals surface area contributed by atoms with E-state index in [-0.39, 0.29) is 5.82 Å². The summed E-state index contributed by atoms with van der Waals surface area (Å²) in [5, 5.41) is 0. The van der Waals surface area contributed by atoms with Gasteiger partial charge in [-0.3, -0.25) is 0 Å². The van der Waals surface area contributed by atoms with Gasteiger partial charge in [-0.25, -0.2) is 4.39 Å². The lowest BCUT2D eigenvalue weighted by Crippen LogP contribution is -1.97. The minimum absolute atomic E-state index is 0.223. The Kier molecular flexibility index (Phi) is 3.51. The predicted octanol–water partition coefficient (Wildman–Crippen LogP) is 3.06. The fourth-order valence-corrected chi connectivity index (χ4v) is 2.15. The molecule has 0 fully saturated rings. The van der Waals surface area contributed by atoms with E-state index in [0.29, 0.717) is 15.7 Å².